The Bertz CT molecular complexity index is 892. The molecule has 164 valence electrons. The normalized spacial score (nSPS) is 14.2. The fraction of sp³-hybridized carbons (Fsp3) is 0.565. The van der Waals surface area contributed by atoms with Gasteiger partial charge in [0.15, 0.2) is 5.11 Å². The van der Waals surface area contributed by atoms with Crippen LogP contribution in [-0.4, -0.2) is 54.3 Å². The highest BCUT2D eigenvalue weighted by Crippen LogP contribution is 2.19. The average Bonchev–Trinajstić information content (AvgIpc) is 3.25. The number of pyridine rings is 1. The summed E-state index contributed by atoms with van der Waals surface area (Å²) < 4.78 is 5.62. The monoisotopic (exact) mass is 431 g/mol. The maximum atomic E-state index is 12.7. The van der Waals surface area contributed by atoms with E-state index in [0.717, 1.165) is 59.8 Å². The number of fused-ring (bicyclic) bond motifs is 1. The molecule has 1 saturated heterocycles. The van der Waals surface area contributed by atoms with Crippen LogP contribution in [0.2, 0.25) is 0 Å². The molecular weight excluding hydrogens is 396 g/mol. The minimum absolute atomic E-state index is 0.0541. The van der Waals surface area contributed by atoms with Crippen molar-refractivity contribution >= 4 is 28.2 Å². The van der Waals surface area contributed by atoms with Crippen LogP contribution >= 0.6 is 12.2 Å². The molecule has 0 aliphatic carbocycles. The number of quaternary nitrogens is 1. The van der Waals surface area contributed by atoms with Gasteiger partial charge in [0.25, 0.3) is 5.56 Å². The van der Waals surface area contributed by atoms with Crippen molar-refractivity contribution < 1.29 is 9.64 Å². The highest BCUT2D eigenvalue weighted by Gasteiger charge is 2.19. The van der Waals surface area contributed by atoms with E-state index in [9.17, 15) is 4.79 Å². The number of hydrogen-bond acceptors (Lipinski definition) is 3. The quantitative estimate of drug-likeness (QED) is 0.397. The zero-order valence-corrected chi connectivity index (χ0v) is 19.1. The molecule has 6 nitrogen and oxygen atoms in total. The Kier molecular flexibility index (Phi) is 8.51. The smallest absolute Gasteiger partial charge is 0.253 e. The molecule has 1 aromatic carbocycles. The van der Waals surface area contributed by atoms with Crippen LogP contribution in [0.4, 0.5) is 0 Å². The van der Waals surface area contributed by atoms with Gasteiger partial charge in [0, 0.05) is 35.9 Å². The number of thiocarbonyl (C=S) groups is 1. The van der Waals surface area contributed by atoms with Crippen LogP contribution in [0.5, 0.6) is 5.75 Å². The molecule has 0 spiro atoms. The van der Waals surface area contributed by atoms with Gasteiger partial charge < -0.3 is 24.8 Å². The van der Waals surface area contributed by atoms with Gasteiger partial charge in [-0.2, -0.15) is 0 Å². The lowest BCUT2D eigenvalue weighted by Gasteiger charge is -2.27. The van der Waals surface area contributed by atoms with Crippen molar-refractivity contribution in [1.82, 2.24) is 15.2 Å². The van der Waals surface area contributed by atoms with Gasteiger partial charge in [0.2, 0.25) is 0 Å². The number of unbranched alkanes of at least 4 members (excludes halogenated alkanes) is 1. The molecule has 1 aromatic heterocycles. The lowest BCUT2D eigenvalue weighted by molar-refractivity contribution is -0.886. The van der Waals surface area contributed by atoms with Crippen molar-refractivity contribution in [2.45, 2.75) is 46.1 Å². The third kappa shape index (κ3) is 6.19. The Morgan fingerprint density at radius 3 is 2.80 bits per heavy atom. The Hall–Kier alpha value is -2.12. The van der Waals surface area contributed by atoms with E-state index in [-0.39, 0.29) is 5.56 Å². The minimum atomic E-state index is -0.0541. The zero-order chi connectivity index (χ0) is 21.3. The van der Waals surface area contributed by atoms with E-state index in [4.69, 9.17) is 17.0 Å². The van der Waals surface area contributed by atoms with Crippen LogP contribution in [-0.2, 0) is 6.54 Å². The fourth-order valence-electron chi connectivity index (χ4n) is 3.96. The molecule has 3 rings (SSSR count). The van der Waals surface area contributed by atoms with Crippen LogP contribution in [0.3, 0.4) is 0 Å². The first-order chi connectivity index (χ1) is 14.6. The lowest BCUT2D eigenvalue weighted by atomic mass is 10.1. The number of aromatic amines is 1. The molecule has 0 bridgehead atoms. The molecule has 0 saturated carbocycles. The first-order valence-electron chi connectivity index (χ1n) is 11.3. The van der Waals surface area contributed by atoms with Crippen LogP contribution in [0.15, 0.2) is 29.1 Å². The maximum Gasteiger partial charge on any atom is 0.253 e. The molecule has 30 heavy (non-hydrogen) atoms. The van der Waals surface area contributed by atoms with Crippen LogP contribution in [0.1, 0.15) is 45.1 Å². The Morgan fingerprint density at radius 2 is 2.07 bits per heavy atom. The maximum absolute atomic E-state index is 12.7. The highest BCUT2D eigenvalue weighted by molar-refractivity contribution is 7.80. The van der Waals surface area contributed by atoms with E-state index in [1.807, 2.05) is 31.2 Å². The number of ether oxygens (including phenoxy) is 1. The largest absolute Gasteiger partial charge is 0.494 e. The summed E-state index contributed by atoms with van der Waals surface area (Å²) in [4.78, 5) is 19.5. The Labute approximate surface area is 184 Å². The summed E-state index contributed by atoms with van der Waals surface area (Å²) in [6, 6.07) is 7.74. The molecule has 2 aromatic rings. The second-order valence-electron chi connectivity index (χ2n) is 8.02. The molecular formula is C23H35N4O2S+. The molecule has 3 N–H and O–H groups in total. The van der Waals surface area contributed by atoms with Crippen molar-refractivity contribution in [3.63, 3.8) is 0 Å². The molecule has 2 heterocycles. The standard InChI is InChI=1S/C23H34N4O2S/c1-3-5-10-24-23(30)27(14-13-26-11-6-7-12-26)17-19-15-18-16-20(29-4-2)8-9-21(18)25-22(19)28/h8-9,15-16H,3-7,10-14,17H2,1-2H3,(H,24,30)(H,25,28)/p+1. The summed E-state index contributed by atoms with van der Waals surface area (Å²) in [5, 5.41) is 5.10. The van der Waals surface area contributed by atoms with E-state index in [0.29, 0.717) is 13.2 Å². The van der Waals surface area contributed by atoms with E-state index < -0.39 is 0 Å². The van der Waals surface area contributed by atoms with Crippen molar-refractivity contribution in [2.24, 2.45) is 0 Å². The molecule has 0 unspecified atom stereocenters. The SMILES string of the molecule is CCCCNC(=S)N(CC[NH+]1CCCC1)Cc1cc2cc(OCC)ccc2[nH]c1=O. The minimum Gasteiger partial charge on any atom is -0.494 e. The highest BCUT2D eigenvalue weighted by atomic mass is 32.1. The van der Waals surface area contributed by atoms with Crippen LogP contribution in [0, 0.1) is 0 Å². The summed E-state index contributed by atoms with van der Waals surface area (Å²) in [5.74, 6) is 0.814. The summed E-state index contributed by atoms with van der Waals surface area (Å²) in [7, 11) is 0. The summed E-state index contributed by atoms with van der Waals surface area (Å²) in [6.45, 7) is 10.5. The van der Waals surface area contributed by atoms with Gasteiger partial charge >= 0.3 is 0 Å². The van der Waals surface area contributed by atoms with Gasteiger partial charge in [-0.25, -0.2) is 0 Å². The van der Waals surface area contributed by atoms with E-state index in [1.165, 1.54) is 25.9 Å². The summed E-state index contributed by atoms with van der Waals surface area (Å²) in [6.07, 6.45) is 4.82. The topological polar surface area (TPSA) is 61.8 Å². The summed E-state index contributed by atoms with van der Waals surface area (Å²) >= 11 is 5.70. The Balaban J connectivity index is 1.78. The average molecular weight is 432 g/mol. The first kappa shape index (κ1) is 22.6. The van der Waals surface area contributed by atoms with Gasteiger partial charge in [-0.3, -0.25) is 4.79 Å². The van der Waals surface area contributed by atoms with Gasteiger partial charge in [0.05, 0.1) is 39.3 Å². The van der Waals surface area contributed by atoms with E-state index >= 15 is 0 Å². The molecule has 0 radical (unpaired) electrons. The molecule has 1 aliphatic rings. The van der Waals surface area contributed by atoms with Crippen LogP contribution in [0.25, 0.3) is 10.9 Å². The van der Waals surface area contributed by atoms with Gasteiger partial charge in [-0.1, -0.05) is 13.3 Å². The Morgan fingerprint density at radius 1 is 1.27 bits per heavy atom. The lowest BCUT2D eigenvalue weighted by Crippen LogP contribution is -3.10. The number of likely N-dealkylation sites (tertiary alicyclic amines) is 1. The summed E-state index contributed by atoms with van der Waals surface area (Å²) in [5.41, 5.74) is 1.50. The number of aromatic nitrogens is 1. The molecule has 1 fully saturated rings. The fourth-order valence-corrected chi connectivity index (χ4v) is 4.22. The zero-order valence-electron chi connectivity index (χ0n) is 18.3. The third-order valence-electron chi connectivity index (χ3n) is 5.70. The number of H-pyrrole nitrogens is 1. The second-order valence-corrected chi connectivity index (χ2v) is 8.41. The number of hydrogen-bond donors (Lipinski definition) is 3. The number of nitrogens with zero attached hydrogens (tertiary/aromatic N) is 1. The van der Waals surface area contributed by atoms with Crippen molar-refractivity contribution in [2.75, 3.05) is 39.3 Å². The third-order valence-corrected chi connectivity index (χ3v) is 6.11. The number of nitrogens with one attached hydrogen (secondary N) is 3. The molecule has 7 heteroatoms. The van der Waals surface area contributed by atoms with Crippen molar-refractivity contribution in [1.29, 1.82) is 0 Å². The number of rotatable bonds is 10. The first-order valence-corrected chi connectivity index (χ1v) is 11.7. The van der Waals surface area contributed by atoms with Crippen molar-refractivity contribution in [3.8, 4) is 5.75 Å². The predicted octanol–water partition coefficient (Wildman–Crippen LogP) is 2.08. The molecule has 0 atom stereocenters. The van der Waals surface area contributed by atoms with Crippen molar-refractivity contribution in [3.05, 3.63) is 40.2 Å². The molecule has 1 aliphatic heterocycles. The van der Waals surface area contributed by atoms with E-state index in [1.54, 1.807) is 4.90 Å². The van der Waals surface area contributed by atoms with E-state index in [2.05, 4.69) is 22.1 Å². The predicted molar refractivity (Wildman–Crippen MR) is 126 cm³/mol. The molecule has 0 amide bonds. The number of benzene rings is 1. The van der Waals surface area contributed by atoms with Gasteiger partial charge in [0.1, 0.15) is 5.75 Å². The van der Waals surface area contributed by atoms with Gasteiger partial charge in [-0.15, -0.1) is 0 Å². The second kappa shape index (κ2) is 11.3. The van der Waals surface area contributed by atoms with Crippen LogP contribution < -0.4 is 20.5 Å². The van der Waals surface area contributed by atoms with Gasteiger partial charge in [-0.05, 0) is 49.8 Å².